The highest BCUT2D eigenvalue weighted by Crippen LogP contribution is 2.15. The first-order chi connectivity index (χ1) is 6.45. The summed E-state index contributed by atoms with van der Waals surface area (Å²) in [4.78, 5) is 0.182. The van der Waals surface area contributed by atoms with Gasteiger partial charge in [-0.25, -0.2) is 0 Å². The van der Waals surface area contributed by atoms with Crippen molar-refractivity contribution in [1.82, 2.24) is 0 Å². The topological polar surface area (TPSA) is 18.5 Å². The standard InChI is InChI=1S/C8H14BrF3O2/c1-13-5-7(9)3-2-4-14-6-8(10,11)12/h7H,2-6H2,1H3. The highest BCUT2D eigenvalue weighted by atomic mass is 79.9. The predicted molar refractivity (Wildman–Crippen MR) is 50.7 cm³/mol. The Morgan fingerprint density at radius 3 is 2.50 bits per heavy atom. The van der Waals surface area contributed by atoms with Crippen molar-refractivity contribution in [3.63, 3.8) is 0 Å². The molecule has 0 heterocycles. The van der Waals surface area contributed by atoms with Crippen molar-refractivity contribution in [3.8, 4) is 0 Å². The Morgan fingerprint density at radius 1 is 1.36 bits per heavy atom. The van der Waals surface area contributed by atoms with Crippen LogP contribution in [0.25, 0.3) is 0 Å². The molecule has 0 aliphatic heterocycles. The fourth-order valence-electron chi connectivity index (χ4n) is 0.859. The highest BCUT2D eigenvalue weighted by molar-refractivity contribution is 9.09. The number of hydrogen-bond donors (Lipinski definition) is 0. The van der Waals surface area contributed by atoms with E-state index < -0.39 is 12.8 Å². The molecule has 0 aromatic carbocycles. The molecule has 0 aromatic heterocycles. The molecule has 0 aromatic rings. The van der Waals surface area contributed by atoms with Gasteiger partial charge in [-0.05, 0) is 12.8 Å². The number of ether oxygens (including phenoxy) is 2. The maximum atomic E-state index is 11.6. The van der Waals surface area contributed by atoms with Gasteiger partial charge in [0, 0.05) is 18.5 Å². The fraction of sp³-hybridized carbons (Fsp3) is 1.00. The van der Waals surface area contributed by atoms with Gasteiger partial charge in [0.05, 0.1) is 6.61 Å². The molecule has 0 aliphatic carbocycles. The second-order valence-corrected chi connectivity index (χ2v) is 4.16. The molecule has 0 saturated heterocycles. The molecule has 0 bridgehead atoms. The predicted octanol–water partition coefficient (Wildman–Crippen LogP) is 2.76. The van der Waals surface area contributed by atoms with Crippen LogP contribution in [-0.4, -0.2) is 37.9 Å². The summed E-state index contributed by atoms with van der Waals surface area (Å²) in [5, 5.41) is 0. The van der Waals surface area contributed by atoms with Crippen LogP contribution in [-0.2, 0) is 9.47 Å². The molecule has 6 heteroatoms. The van der Waals surface area contributed by atoms with E-state index in [1.807, 2.05) is 0 Å². The molecule has 1 atom stereocenters. The molecule has 0 spiro atoms. The summed E-state index contributed by atoms with van der Waals surface area (Å²) in [5.74, 6) is 0. The van der Waals surface area contributed by atoms with Crippen LogP contribution in [0, 0.1) is 0 Å². The summed E-state index contributed by atoms with van der Waals surface area (Å²) in [7, 11) is 1.58. The third kappa shape index (κ3) is 10.3. The zero-order chi connectivity index (χ0) is 11.0. The minimum Gasteiger partial charge on any atom is -0.384 e. The Bertz CT molecular complexity index is 141. The van der Waals surface area contributed by atoms with E-state index in [1.165, 1.54) is 0 Å². The number of rotatable bonds is 7. The van der Waals surface area contributed by atoms with E-state index in [0.717, 1.165) is 6.42 Å². The van der Waals surface area contributed by atoms with Gasteiger partial charge >= 0.3 is 6.18 Å². The summed E-state index contributed by atoms with van der Waals surface area (Å²) in [6.45, 7) is -0.477. The minimum absolute atomic E-state index is 0.130. The molecule has 0 fully saturated rings. The van der Waals surface area contributed by atoms with Crippen molar-refractivity contribution in [2.24, 2.45) is 0 Å². The lowest BCUT2D eigenvalue weighted by Gasteiger charge is -2.09. The Balaban J connectivity index is 3.21. The molecule has 0 saturated carbocycles. The van der Waals surface area contributed by atoms with Gasteiger partial charge < -0.3 is 9.47 Å². The first kappa shape index (κ1) is 14.2. The maximum Gasteiger partial charge on any atom is 0.411 e. The SMILES string of the molecule is COCC(Br)CCCOCC(F)(F)F. The largest absolute Gasteiger partial charge is 0.411 e. The van der Waals surface area contributed by atoms with E-state index in [0.29, 0.717) is 13.0 Å². The van der Waals surface area contributed by atoms with Crippen molar-refractivity contribution < 1.29 is 22.6 Å². The van der Waals surface area contributed by atoms with Crippen molar-refractivity contribution >= 4 is 15.9 Å². The third-order valence-corrected chi connectivity index (χ3v) is 2.14. The van der Waals surface area contributed by atoms with Crippen molar-refractivity contribution in [2.75, 3.05) is 26.9 Å². The Kier molecular flexibility index (Phi) is 7.58. The van der Waals surface area contributed by atoms with E-state index in [-0.39, 0.29) is 11.4 Å². The van der Waals surface area contributed by atoms with Gasteiger partial charge in [-0.15, -0.1) is 0 Å². The van der Waals surface area contributed by atoms with Crippen LogP contribution in [0.4, 0.5) is 13.2 Å². The van der Waals surface area contributed by atoms with Crippen molar-refractivity contribution in [3.05, 3.63) is 0 Å². The van der Waals surface area contributed by atoms with Crippen molar-refractivity contribution in [2.45, 2.75) is 23.8 Å². The minimum atomic E-state index is -4.22. The molecule has 0 N–H and O–H groups in total. The number of methoxy groups -OCH3 is 1. The third-order valence-electron chi connectivity index (χ3n) is 1.42. The van der Waals surface area contributed by atoms with Gasteiger partial charge in [-0.3, -0.25) is 0 Å². The average Bonchev–Trinajstić information content (AvgIpc) is 2.02. The van der Waals surface area contributed by atoms with E-state index >= 15 is 0 Å². The monoisotopic (exact) mass is 278 g/mol. The number of alkyl halides is 4. The average molecular weight is 279 g/mol. The summed E-state index contributed by atoms with van der Waals surface area (Å²) >= 11 is 3.33. The molecular formula is C8H14BrF3O2. The molecular weight excluding hydrogens is 265 g/mol. The Morgan fingerprint density at radius 2 is 2.00 bits per heavy atom. The van der Waals surface area contributed by atoms with Crippen LogP contribution in [0.15, 0.2) is 0 Å². The molecule has 14 heavy (non-hydrogen) atoms. The second kappa shape index (κ2) is 7.48. The first-order valence-electron chi connectivity index (χ1n) is 4.23. The highest BCUT2D eigenvalue weighted by Gasteiger charge is 2.27. The summed E-state index contributed by atoms with van der Waals surface area (Å²) < 4.78 is 44.1. The van der Waals surface area contributed by atoms with Crippen LogP contribution in [0.2, 0.25) is 0 Å². The lowest BCUT2D eigenvalue weighted by atomic mass is 10.2. The van der Waals surface area contributed by atoms with Crippen LogP contribution in [0.1, 0.15) is 12.8 Å². The van der Waals surface area contributed by atoms with Gasteiger partial charge in [0.1, 0.15) is 6.61 Å². The lowest BCUT2D eigenvalue weighted by molar-refractivity contribution is -0.174. The van der Waals surface area contributed by atoms with Crippen molar-refractivity contribution in [1.29, 1.82) is 0 Å². The van der Waals surface area contributed by atoms with Gasteiger partial charge in [0.15, 0.2) is 0 Å². The second-order valence-electron chi connectivity index (χ2n) is 2.86. The number of halogens is 4. The maximum absolute atomic E-state index is 11.6. The number of hydrogen-bond acceptors (Lipinski definition) is 2. The van der Waals surface area contributed by atoms with E-state index in [2.05, 4.69) is 20.7 Å². The summed E-state index contributed by atoms with van der Waals surface area (Å²) in [6, 6.07) is 0. The zero-order valence-electron chi connectivity index (χ0n) is 7.94. The van der Waals surface area contributed by atoms with E-state index in [1.54, 1.807) is 7.11 Å². The molecule has 0 aliphatic rings. The van der Waals surface area contributed by atoms with Crippen LogP contribution in [0.5, 0.6) is 0 Å². The van der Waals surface area contributed by atoms with Gasteiger partial charge in [0.25, 0.3) is 0 Å². The van der Waals surface area contributed by atoms with Gasteiger partial charge in [-0.2, -0.15) is 13.2 Å². The fourth-order valence-corrected chi connectivity index (χ4v) is 1.45. The van der Waals surface area contributed by atoms with Gasteiger partial charge in [-0.1, -0.05) is 15.9 Å². The normalized spacial score (nSPS) is 14.4. The summed E-state index contributed by atoms with van der Waals surface area (Å²) in [5.41, 5.74) is 0. The Labute approximate surface area is 89.9 Å². The summed E-state index contributed by atoms with van der Waals surface area (Å²) in [6.07, 6.45) is -2.89. The van der Waals surface area contributed by atoms with Crippen LogP contribution in [0.3, 0.4) is 0 Å². The molecule has 0 rings (SSSR count). The smallest absolute Gasteiger partial charge is 0.384 e. The molecule has 0 radical (unpaired) electrons. The van der Waals surface area contributed by atoms with Crippen LogP contribution >= 0.6 is 15.9 Å². The van der Waals surface area contributed by atoms with Gasteiger partial charge in [0.2, 0.25) is 0 Å². The molecule has 86 valence electrons. The van der Waals surface area contributed by atoms with E-state index in [9.17, 15) is 13.2 Å². The molecule has 0 amide bonds. The molecule has 1 unspecified atom stereocenters. The lowest BCUT2D eigenvalue weighted by Crippen LogP contribution is -2.17. The van der Waals surface area contributed by atoms with Crippen LogP contribution < -0.4 is 0 Å². The zero-order valence-corrected chi connectivity index (χ0v) is 9.53. The molecule has 2 nitrogen and oxygen atoms in total. The quantitative estimate of drug-likeness (QED) is 0.527. The van der Waals surface area contributed by atoms with E-state index in [4.69, 9.17) is 4.74 Å². The first-order valence-corrected chi connectivity index (χ1v) is 5.15. The Hall–Kier alpha value is 0.190.